The van der Waals surface area contributed by atoms with Gasteiger partial charge in [-0.05, 0) is 66.0 Å². The second-order valence-electron chi connectivity index (χ2n) is 5.59. The Balaban J connectivity index is 1.52. The normalized spacial score (nSPS) is 26.5. The van der Waals surface area contributed by atoms with Gasteiger partial charge in [0.25, 0.3) is 0 Å². The Bertz CT molecular complexity index is 471. The highest BCUT2D eigenvalue weighted by atomic mass is 79.9. The van der Waals surface area contributed by atoms with Crippen LogP contribution in [0.1, 0.15) is 12.8 Å². The number of hydrogen-bond acceptors (Lipinski definition) is 3. The maximum atomic E-state index is 5.93. The summed E-state index contributed by atoms with van der Waals surface area (Å²) >= 11 is 9.42. The van der Waals surface area contributed by atoms with Crippen LogP contribution in [0, 0.1) is 5.92 Å². The Labute approximate surface area is 133 Å². The third kappa shape index (κ3) is 3.30. The summed E-state index contributed by atoms with van der Waals surface area (Å²) in [5.74, 6) is 1.71. The van der Waals surface area contributed by atoms with Gasteiger partial charge in [0.15, 0.2) is 0 Å². The Hall–Kier alpha value is -0.290. The van der Waals surface area contributed by atoms with Gasteiger partial charge in [-0.15, -0.1) is 0 Å². The molecule has 1 N–H and O–H groups in total. The van der Waals surface area contributed by atoms with Gasteiger partial charge in [-0.2, -0.15) is 0 Å². The fraction of sp³-hybridized carbons (Fsp3) is 0.600. The van der Waals surface area contributed by atoms with Crippen LogP contribution < -0.4 is 10.1 Å². The minimum atomic E-state index is 0.709. The smallest absolute Gasteiger partial charge is 0.133 e. The number of ether oxygens (including phenoxy) is 1. The fourth-order valence-electron chi connectivity index (χ4n) is 3.31. The molecule has 2 fully saturated rings. The van der Waals surface area contributed by atoms with Crippen molar-refractivity contribution in [2.75, 3.05) is 32.8 Å². The van der Waals surface area contributed by atoms with Crippen molar-refractivity contribution in [1.29, 1.82) is 0 Å². The molecule has 0 spiro atoms. The lowest BCUT2D eigenvalue weighted by Crippen LogP contribution is -2.46. The van der Waals surface area contributed by atoms with E-state index in [2.05, 4.69) is 26.1 Å². The molecule has 2 aliphatic heterocycles. The molecular formula is C15H20BrClN2O. The molecule has 0 bridgehead atoms. The summed E-state index contributed by atoms with van der Waals surface area (Å²) in [5.41, 5.74) is 0. The summed E-state index contributed by atoms with van der Waals surface area (Å²) in [7, 11) is 0. The van der Waals surface area contributed by atoms with Gasteiger partial charge in [0.2, 0.25) is 0 Å². The average molecular weight is 360 g/mol. The molecule has 3 rings (SSSR count). The number of likely N-dealkylation sites (tertiary alicyclic amines) is 1. The standard InChI is InChI=1S/C15H20BrClN2O/c16-13-8-12(17)3-4-15(13)20-7-6-19-5-1-2-11-9-18-10-14(11)19/h3-4,8,11,14,18H,1-2,5-7,9-10H2. The van der Waals surface area contributed by atoms with Gasteiger partial charge in [0.1, 0.15) is 12.4 Å². The van der Waals surface area contributed by atoms with Gasteiger partial charge < -0.3 is 10.1 Å². The largest absolute Gasteiger partial charge is 0.491 e. The lowest BCUT2D eigenvalue weighted by molar-refractivity contribution is 0.105. The lowest BCUT2D eigenvalue weighted by Gasteiger charge is -2.36. The van der Waals surface area contributed by atoms with Crippen molar-refractivity contribution < 1.29 is 4.74 Å². The second kappa shape index (κ2) is 6.65. The van der Waals surface area contributed by atoms with E-state index in [1.165, 1.54) is 25.9 Å². The van der Waals surface area contributed by atoms with Crippen molar-refractivity contribution in [1.82, 2.24) is 10.2 Å². The number of hydrogen-bond donors (Lipinski definition) is 1. The average Bonchev–Trinajstić information content (AvgIpc) is 2.90. The van der Waals surface area contributed by atoms with E-state index in [0.29, 0.717) is 6.04 Å². The molecular weight excluding hydrogens is 340 g/mol. The molecule has 0 aliphatic carbocycles. The molecule has 0 radical (unpaired) electrons. The number of nitrogens with zero attached hydrogens (tertiary/aromatic N) is 1. The van der Waals surface area contributed by atoms with Crippen molar-refractivity contribution >= 4 is 27.5 Å². The van der Waals surface area contributed by atoms with E-state index in [1.807, 2.05) is 18.2 Å². The molecule has 20 heavy (non-hydrogen) atoms. The molecule has 2 unspecified atom stereocenters. The van der Waals surface area contributed by atoms with E-state index in [0.717, 1.165) is 40.9 Å². The summed E-state index contributed by atoms with van der Waals surface area (Å²) < 4.78 is 6.80. The molecule has 2 heterocycles. The highest BCUT2D eigenvalue weighted by molar-refractivity contribution is 9.10. The molecule has 2 saturated heterocycles. The number of fused-ring (bicyclic) bond motifs is 1. The zero-order chi connectivity index (χ0) is 13.9. The van der Waals surface area contributed by atoms with E-state index < -0.39 is 0 Å². The maximum absolute atomic E-state index is 5.93. The van der Waals surface area contributed by atoms with Crippen LogP contribution in [0.2, 0.25) is 5.02 Å². The van der Waals surface area contributed by atoms with Crippen molar-refractivity contribution in [2.24, 2.45) is 5.92 Å². The molecule has 1 aromatic rings. The van der Waals surface area contributed by atoms with Crippen molar-refractivity contribution in [3.63, 3.8) is 0 Å². The summed E-state index contributed by atoms with van der Waals surface area (Å²) in [5, 5.41) is 4.24. The van der Waals surface area contributed by atoms with Crippen LogP contribution in [0.25, 0.3) is 0 Å². The molecule has 0 saturated carbocycles. The van der Waals surface area contributed by atoms with Gasteiger partial charge in [-0.1, -0.05) is 11.6 Å². The number of nitrogens with one attached hydrogen (secondary N) is 1. The Kier molecular flexibility index (Phi) is 4.87. The molecule has 0 aromatic heterocycles. The first-order valence-electron chi connectivity index (χ1n) is 7.26. The van der Waals surface area contributed by atoms with Gasteiger partial charge in [-0.25, -0.2) is 0 Å². The monoisotopic (exact) mass is 358 g/mol. The van der Waals surface area contributed by atoms with Crippen molar-refractivity contribution in [3.05, 3.63) is 27.7 Å². The van der Waals surface area contributed by atoms with Gasteiger partial charge in [0.05, 0.1) is 4.47 Å². The first-order chi connectivity index (χ1) is 9.74. The van der Waals surface area contributed by atoms with E-state index in [-0.39, 0.29) is 0 Å². The molecule has 5 heteroatoms. The highest BCUT2D eigenvalue weighted by Gasteiger charge is 2.34. The van der Waals surface area contributed by atoms with E-state index in [1.54, 1.807) is 0 Å². The van der Waals surface area contributed by atoms with Crippen LogP contribution in [-0.4, -0.2) is 43.7 Å². The summed E-state index contributed by atoms with van der Waals surface area (Å²) in [6, 6.07) is 6.36. The first kappa shape index (κ1) is 14.6. The maximum Gasteiger partial charge on any atom is 0.133 e. The van der Waals surface area contributed by atoms with Crippen LogP contribution in [0.5, 0.6) is 5.75 Å². The van der Waals surface area contributed by atoms with E-state index >= 15 is 0 Å². The van der Waals surface area contributed by atoms with Crippen molar-refractivity contribution in [3.8, 4) is 5.75 Å². The Morgan fingerprint density at radius 3 is 3.15 bits per heavy atom. The Morgan fingerprint density at radius 2 is 2.30 bits per heavy atom. The third-order valence-corrected chi connectivity index (χ3v) is 5.18. The van der Waals surface area contributed by atoms with Gasteiger partial charge >= 0.3 is 0 Å². The summed E-state index contributed by atoms with van der Waals surface area (Å²) in [4.78, 5) is 2.58. The topological polar surface area (TPSA) is 24.5 Å². The predicted octanol–water partition coefficient (Wildman–Crippen LogP) is 3.17. The van der Waals surface area contributed by atoms with E-state index in [4.69, 9.17) is 16.3 Å². The predicted molar refractivity (Wildman–Crippen MR) is 85.6 cm³/mol. The van der Waals surface area contributed by atoms with Gasteiger partial charge in [0, 0.05) is 24.2 Å². The molecule has 1 aromatic carbocycles. The number of piperidine rings is 1. The highest BCUT2D eigenvalue weighted by Crippen LogP contribution is 2.29. The van der Waals surface area contributed by atoms with Crippen LogP contribution in [-0.2, 0) is 0 Å². The molecule has 2 atom stereocenters. The number of halogens is 2. The molecule has 110 valence electrons. The lowest BCUT2D eigenvalue weighted by atomic mass is 9.92. The van der Waals surface area contributed by atoms with Crippen molar-refractivity contribution in [2.45, 2.75) is 18.9 Å². The summed E-state index contributed by atoms with van der Waals surface area (Å²) in [6.07, 6.45) is 2.69. The van der Waals surface area contributed by atoms with Crippen LogP contribution in [0.4, 0.5) is 0 Å². The third-order valence-electron chi connectivity index (χ3n) is 4.32. The van der Waals surface area contributed by atoms with Crippen LogP contribution in [0.3, 0.4) is 0 Å². The second-order valence-corrected chi connectivity index (χ2v) is 6.88. The van der Waals surface area contributed by atoms with Crippen LogP contribution in [0.15, 0.2) is 22.7 Å². The zero-order valence-corrected chi connectivity index (χ0v) is 13.8. The quantitative estimate of drug-likeness (QED) is 0.893. The number of benzene rings is 1. The van der Waals surface area contributed by atoms with Crippen LogP contribution >= 0.6 is 27.5 Å². The van der Waals surface area contributed by atoms with Gasteiger partial charge in [-0.3, -0.25) is 4.90 Å². The zero-order valence-electron chi connectivity index (χ0n) is 11.4. The number of rotatable bonds is 4. The Morgan fingerprint density at radius 1 is 1.40 bits per heavy atom. The molecule has 0 amide bonds. The minimum Gasteiger partial charge on any atom is -0.491 e. The SMILES string of the molecule is Clc1ccc(OCCN2CCCC3CNCC32)c(Br)c1. The first-order valence-corrected chi connectivity index (χ1v) is 8.44. The fourth-order valence-corrected chi connectivity index (χ4v) is 4.10. The molecule has 2 aliphatic rings. The summed E-state index contributed by atoms with van der Waals surface area (Å²) in [6.45, 7) is 5.25. The van der Waals surface area contributed by atoms with E-state index in [9.17, 15) is 0 Å². The minimum absolute atomic E-state index is 0.709. The molecule has 3 nitrogen and oxygen atoms in total.